The fourth-order valence-corrected chi connectivity index (χ4v) is 14.0. The molecule has 4 rings (SSSR count). The minimum atomic E-state index is -0.571. The first-order valence-electron chi connectivity index (χ1n) is 12.2. The summed E-state index contributed by atoms with van der Waals surface area (Å²) in [6, 6.07) is 12.4. The van der Waals surface area contributed by atoms with Crippen molar-refractivity contribution in [2.45, 2.75) is 88.9 Å². The van der Waals surface area contributed by atoms with Crippen molar-refractivity contribution < 1.29 is 46.7 Å². The zero-order valence-corrected chi connectivity index (χ0v) is 27.3. The fraction of sp³-hybridized carbons (Fsp3) is 0.467. The van der Waals surface area contributed by atoms with Crippen LogP contribution in [0.5, 0.6) is 0 Å². The minimum Gasteiger partial charge on any atom is -1.00 e. The number of fused-ring (bicyclic) bond motifs is 3. The van der Waals surface area contributed by atoms with Gasteiger partial charge in [-0.2, -0.15) is 0 Å². The van der Waals surface area contributed by atoms with Crippen LogP contribution >= 0.6 is 0 Å². The van der Waals surface area contributed by atoms with Crippen molar-refractivity contribution in [3.63, 3.8) is 0 Å². The molecule has 0 radical (unpaired) electrons. The van der Waals surface area contributed by atoms with E-state index in [-0.39, 0.29) is 41.1 Å². The standard InChI is InChI=1S/C28H33.C2H6Si.2ClH.Zr/c1-8-18-10-9-11-22(18)26-24-17-19-16-20(27(2,3)4)12-13-21(19)23(24)14-15-25(26)28(5,6)7;1-3-2;;;/h9-10,12-17H,8,11H2,1-7H3;1-2H3;2*1H;/q;;;;+2/p-2. The molecule has 0 amide bonds. The Morgan fingerprint density at radius 2 is 1.56 bits per heavy atom. The molecule has 1 atom stereocenters. The van der Waals surface area contributed by atoms with Gasteiger partial charge in [0.1, 0.15) is 0 Å². The Morgan fingerprint density at radius 3 is 2.12 bits per heavy atom. The van der Waals surface area contributed by atoms with Crippen LogP contribution < -0.4 is 24.8 Å². The van der Waals surface area contributed by atoms with Crippen LogP contribution in [0.15, 0.2) is 48.1 Å². The molecule has 0 saturated carbocycles. The quantitative estimate of drug-likeness (QED) is 0.484. The molecule has 0 spiro atoms. The Kier molecular flexibility index (Phi) is 9.58. The Labute approximate surface area is 232 Å². The largest absolute Gasteiger partial charge is 1.00 e. The summed E-state index contributed by atoms with van der Waals surface area (Å²) in [7, 11) is 0. The maximum Gasteiger partial charge on any atom is -1.00 e. The molecule has 0 bridgehead atoms. The Hall–Kier alpha value is -0.400. The van der Waals surface area contributed by atoms with Crippen LogP contribution in [0.4, 0.5) is 0 Å². The number of halogens is 2. The summed E-state index contributed by atoms with van der Waals surface area (Å²) in [4.78, 5) is 0. The van der Waals surface area contributed by atoms with Crippen LogP contribution in [0.25, 0.3) is 16.7 Å². The molecule has 2 aliphatic rings. The van der Waals surface area contributed by atoms with E-state index in [2.05, 4.69) is 104 Å². The molecule has 0 aliphatic heterocycles. The number of hydrogen-bond donors (Lipinski definition) is 0. The second-order valence-corrected chi connectivity index (χ2v) is 25.0. The predicted molar refractivity (Wildman–Crippen MR) is 140 cm³/mol. The van der Waals surface area contributed by atoms with Crippen LogP contribution in [-0.2, 0) is 32.7 Å². The third-order valence-corrected chi connectivity index (χ3v) is 15.7. The molecule has 2 aliphatic carbocycles. The van der Waals surface area contributed by atoms with Gasteiger partial charge in [0.2, 0.25) is 0 Å². The summed E-state index contributed by atoms with van der Waals surface area (Å²) in [5, 5.41) is 0. The summed E-state index contributed by atoms with van der Waals surface area (Å²) in [6.45, 7) is 21.7. The third-order valence-electron chi connectivity index (χ3n) is 7.01. The zero-order valence-electron chi connectivity index (χ0n) is 22.3. The van der Waals surface area contributed by atoms with Gasteiger partial charge in [0.15, 0.2) is 0 Å². The maximum absolute atomic E-state index is 2.59. The van der Waals surface area contributed by atoms with Crippen LogP contribution in [0.3, 0.4) is 0 Å². The van der Waals surface area contributed by atoms with E-state index >= 15 is 0 Å². The first kappa shape index (κ1) is 29.8. The Morgan fingerprint density at radius 1 is 0.912 bits per heavy atom. The Bertz CT molecular complexity index is 1170. The van der Waals surface area contributed by atoms with Crippen LogP contribution in [0.1, 0.15) is 92.8 Å². The molecule has 0 heterocycles. The summed E-state index contributed by atoms with van der Waals surface area (Å²) >= 11 is -0.571. The number of allylic oxidation sites excluding steroid dienone is 4. The van der Waals surface area contributed by atoms with Crippen molar-refractivity contribution in [2.24, 2.45) is 0 Å². The average molecular weight is 590 g/mol. The minimum absolute atomic E-state index is 0. The summed E-state index contributed by atoms with van der Waals surface area (Å²) in [5.41, 5.74) is 14.4. The molecule has 0 nitrogen and oxygen atoms in total. The van der Waals surface area contributed by atoms with Crippen molar-refractivity contribution in [1.82, 2.24) is 0 Å². The summed E-state index contributed by atoms with van der Waals surface area (Å²) < 4.78 is 0.693. The van der Waals surface area contributed by atoms with E-state index in [0.29, 0.717) is 3.63 Å². The van der Waals surface area contributed by atoms with Crippen molar-refractivity contribution in [3.05, 3.63) is 75.9 Å². The number of rotatable bonds is 3. The van der Waals surface area contributed by atoms with Gasteiger partial charge in [0.05, 0.1) is 0 Å². The van der Waals surface area contributed by atoms with Crippen LogP contribution in [-0.4, -0.2) is 5.43 Å². The van der Waals surface area contributed by atoms with Gasteiger partial charge < -0.3 is 24.8 Å². The van der Waals surface area contributed by atoms with E-state index in [1.54, 1.807) is 33.4 Å². The maximum atomic E-state index is 2.59. The predicted octanol–water partition coefficient (Wildman–Crippen LogP) is 2.82. The van der Waals surface area contributed by atoms with E-state index < -0.39 is 21.9 Å². The second kappa shape index (κ2) is 10.9. The number of benzene rings is 2. The van der Waals surface area contributed by atoms with Gasteiger partial charge in [-0.15, -0.1) is 0 Å². The summed E-state index contributed by atoms with van der Waals surface area (Å²) in [6.07, 6.45) is 7.01. The average Bonchev–Trinajstić information content (AvgIpc) is 3.28. The van der Waals surface area contributed by atoms with Gasteiger partial charge in [-0.1, -0.05) is 0 Å². The first-order valence-corrected chi connectivity index (χ1v) is 19.8. The van der Waals surface area contributed by atoms with Crippen molar-refractivity contribution in [2.75, 3.05) is 0 Å². The van der Waals surface area contributed by atoms with Gasteiger partial charge in [-0.25, -0.2) is 0 Å². The van der Waals surface area contributed by atoms with E-state index in [9.17, 15) is 0 Å². The van der Waals surface area contributed by atoms with Gasteiger partial charge in [-0.3, -0.25) is 0 Å². The molecule has 0 fully saturated rings. The summed E-state index contributed by atoms with van der Waals surface area (Å²) in [5.74, 6) is 0. The monoisotopic (exact) mass is 587 g/mol. The topological polar surface area (TPSA) is 0 Å². The molecule has 0 aromatic heterocycles. The molecular weight excluding hydrogens is 551 g/mol. The van der Waals surface area contributed by atoms with Crippen LogP contribution in [0, 0.1) is 0 Å². The van der Waals surface area contributed by atoms with Crippen molar-refractivity contribution >= 4 is 11.0 Å². The van der Waals surface area contributed by atoms with E-state index in [1.807, 2.05) is 0 Å². The first-order chi connectivity index (χ1) is 14.9. The normalized spacial score (nSPS) is 16.4. The van der Waals surface area contributed by atoms with Gasteiger partial charge in [0.25, 0.3) is 0 Å². The molecule has 4 heteroatoms. The molecule has 0 N–H and O–H groups in total. The smallest absolute Gasteiger partial charge is 1.00 e. The molecule has 2 aromatic carbocycles. The molecule has 0 saturated heterocycles. The number of hydrogen-bond acceptors (Lipinski definition) is 0. The van der Waals surface area contributed by atoms with Crippen molar-refractivity contribution in [1.29, 1.82) is 0 Å². The van der Waals surface area contributed by atoms with Crippen LogP contribution in [0.2, 0.25) is 13.1 Å². The third kappa shape index (κ3) is 5.46. The van der Waals surface area contributed by atoms with Gasteiger partial charge >= 0.3 is 209 Å². The molecule has 1 unspecified atom stereocenters. The molecular formula is C30H39Cl2SiZr. The van der Waals surface area contributed by atoms with Gasteiger partial charge in [-0.05, 0) is 0 Å². The molecule has 34 heavy (non-hydrogen) atoms. The van der Waals surface area contributed by atoms with E-state index in [1.165, 1.54) is 16.7 Å². The zero-order chi connectivity index (χ0) is 23.4. The van der Waals surface area contributed by atoms with E-state index in [4.69, 9.17) is 0 Å². The Balaban J connectivity index is 0.00000204. The SMILES string of the molecule is CCC1=C(c2c(C(C)(C)C)ccc3c2[CH]([Zr+2]=[Si](C)C)c2cc(C(C)(C)C)ccc2-3)CC=C1.[Cl-].[Cl-]. The van der Waals surface area contributed by atoms with E-state index in [0.717, 1.165) is 12.8 Å². The van der Waals surface area contributed by atoms with Crippen molar-refractivity contribution in [3.8, 4) is 11.1 Å². The second-order valence-electron chi connectivity index (χ2n) is 11.8. The fourth-order valence-electron chi connectivity index (χ4n) is 5.36. The molecule has 181 valence electrons. The van der Waals surface area contributed by atoms with Gasteiger partial charge in [0, 0.05) is 0 Å². The molecule has 2 aromatic rings.